The summed E-state index contributed by atoms with van der Waals surface area (Å²) in [6.07, 6.45) is 10.9. The summed E-state index contributed by atoms with van der Waals surface area (Å²) in [5.74, 6) is 0. The molecule has 178 valence electrons. The Morgan fingerprint density at radius 3 is 2.12 bits per heavy atom. The van der Waals surface area contributed by atoms with Crippen LogP contribution in [-0.2, 0) is 6.42 Å². The first-order valence-corrected chi connectivity index (χ1v) is 13.5. The van der Waals surface area contributed by atoms with Crippen LogP contribution in [0.15, 0.2) is 63.6 Å². The molecule has 0 radical (unpaired) electrons. The Kier molecular flexibility index (Phi) is 9.22. The van der Waals surface area contributed by atoms with Gasteiger partial charge in [-0.3, -0.25) is 0 Å². The zero-order valence-electron chi connectivity index (χ0n) is 21.4. The summed E-state index contributed by atoms with van der Waals surface area (Å²) < 4.78 is 1.32. The lowest BCUT2D eigenvalue weighted by Crippen LogP contribution is -2.20. The summed E-state index contributed by atoms with van der Waals surface area (Å²) in [5, 5.41) is 3.42. The lowest BCUT2D eigenvalue weighted by atomic mass is 9.95. The predicted molar refractivity (Wildman–Crippen MR) is 159 cm³/mol. The van der Waals surface area contributed by atoms with Crippen molar-refractivity contribution in [3.63, 3.8) is 0 Å². The molecule has 0 aliphatic heterocycles. The van der Waals surface area contributed by atoms with Crippen molar-refractivity contribution >= 4 is 59.4 Å². The molecule has 2 aromatic carbocycles. The average Bonchev–Trinajstić information content (AvgIpc) is 3.12. The molecule has 0 amide bonds. The molecule has 0 spiro atoms. The Morgan fingerprint density at radius 1 is 0.853 bits per heavy atom. The van der Waals surface area contributed by atoms with E-state index in [1.165, 1.54) is 74.1 Å². The summed E-state index contributed by atoms with van der Waals surface area (Å²) in [7, 11) is 0. The van der Waals surface area contributed by atoms with Crippen LogP contribution in [0.5, 0.6) is 0 Å². The van der Waals surface area contributed by atoms with Gasteiger partial charge in [-0.15, -0.1) is 24.0 Å². The van der Waals surface area contributed by atoms with Crippen molar-refractivity contribution in [1.29, 1.82) is 0 Å². The van der Waals surface area contributed by atoms with Crippen LogP contribution in [0.4, 0.5) is 0 Å². The molecule has 0 saturated carbocycles. The van der Waals surface area contributed by atoms with E-state index in [1.54, 1.807) is 0 Å². The lowest BCUT2D eigenvalue weighted by molar-refractivity contribution is 0.668. The number of hydrogen-bond donors (Lipinski definition) is 1. The number of aryl methyl sites for hydroxylation is 1. The van der Waals surface area contributed by atoms with Crippen LogP contribution in [0.3, 0.4) is 0 Å². The molecule has 0 saturated heterocycles. The van der Waals surface area contributed by atoms with E-state index in [1.807, 2.05) is 23.5 Å². The molecule has 0 nitrogen and oxygen atoms in total. The number of benzene rings is 2. The molecule has 0 atom stereocenters. The quantitative estimate of drug-likeness (QED) is 0.174. The van der Waals surface area contributed by atoms with Gasteiger partial charge in [-0.2, -0.15) is 0 Å². The summed E-state index contributed by atoms with van der Waals surface area (Å²) in [6, 6.07) is 12.8. The summed E-state index contributed by atoms with van der Waals surface area (Å²) in [4.78, 5) is 2.37. The number of fused-ring (bicyclic) bond motifs is 1. The molecule has 0 unspecified atom stereocenters. The van der Waals surface area contributed by atoms with Crippen molar-refractivity contribution in [2.45, 2.75) is 71.6 Å². The van der Waals surface area contributed by atoms with Crippen molar-refractivity contribution in [2.75, 3.05) is 0 Å². The smallest absolute Gasteiger partial charge is 0.0358 e. The number of thiol groups is 1. The minimum atomic E-state index is 0.989. The molecule has 0 N–H and O–H groups in total. The maximum absolute atomic E-state index is 4.40. The Balaban J connectivity index is 1.99. The van der Waals surface area contributed by atoms with E-state index >= 15 is 0 Å². The first-order valence-electron chi connectivity index (χ1n) is 12.3. The Labute approximate surface area is 215 Å². The number of thiophene rings is 1. The molecule has 0 aliphatic rings. The third-order valence-electron chi connectivity index (χ3n) is 6.79. The highest BCUT2D eigenvalue weighted by Gasteiger charge is 2.12. The molecule has 3 rings (SSSR count). The van der Waals surface area contributed by atoms with Gasteiger partial charge in [-0.25, -0.2) is 0 Å². The molecule has 1 heterocycles. The van der Waals surface area contributed by atoms with E-state index in [9.17, 15) is 0 Å². The summed E-state index contributed by atoms with van der Waals surface area (Å²) in [5.41, 5.74) is 7.96. The second-order valence-electron chi connectivity index (χ2n) is 9.37. The van der Waals surface area contributed by atoms with Crippen LogP contribution in [0, 0.1) is 0 Å². The fourth-order valence-electron chi connectivity index (χ4n) is 4.23. The van der Waals surface area contributed by atoms with E-state index in [-0.39, 0.29) is 0 Å². The fourth-order valence-corrected chi connectivity index (χ4v) is 5.68. The van der Waals surface area contributed by atoms with Crippen molar-refractivity contribution in [3.05, 3.63) is 85.1 Å². The van der Waals surface area contributed by atoms with Gasteiger partial charge in [0.2, 0.25) is 0 Å². The lowest BCUT2D eigenvalue weighted by Gasteiger charge is -2.10. The average molecular weight is 487 g/mol. The molecule has 1 aromatic heterocycles. The molecule has 2 heteroatoms. The van der Waals surface area contributed by atoms with E-state index < -0.39 is 0 Å². The normalized spacial score (nSPS) is 13.5. The maximum atomic E-state index is 4.40. The number of unbranched alkanes of at least 4 members (excludes halogenated alkanes) is 3. The largest absolute Gasteiger partial charge is 0.143 e. The molecule has 0 fully saturated rings. The minimum absolute atomic E-state index is 0.989. The Morgan fingerprint density at radius 2 is 1.47 bits per heavy atom. The molecule has 34 heavy (non-hydrogen) atoms. The van der Waals surface area contributed by atoms with Crippen molar-refractivity contribution < 1.29 is 0 Å². The second-order valence-corrected chi connectivity index (χ2v) is 11.0. The molecule has 0 aliphatic carbocycles. The molecular weight excluding hydrogens is 448 g/mol. The van der Waals surface area contributed by atoms with Gasteiger partial charge in [0.15, 0.2) is 0 Å². The third kappa shape index (κ3) is 6.43. The van der Waals surface area contributed by atoms with E-state index in [0.29, 0.717) is 0 Å². The highest BCUT2D eigenvalue weighted by atomic mass is 32.1. The Bertz CT molecular complexity index is 1340. The summed E-state index contributed by atoms with van der Waals surface area (Å²) in [6.45, 7) is 19.6. The zero-order valence-corrected chi connectivity index (χ0v) is 23.1. The van der Waals surface area contributed by atoms with Crippen molar-refractivity contribution in [1.82, 2.24) is 0 Å². The van der Waals surface area contributed by atoms with Crippen LogP contribution in [-0.4, -0.2) is 0 Å². The van der Waals surface area contributed by atoms with Crippen LogP contribution in [0.1, 0.15) is 76.3 Å². The highest BCUT2D eigenvalue weighted by Crippen LogP contribution is 2.34. The molecule has 3 aromatic rings. The standard InChI is InChI=1S/C32H38S2/c1-8-9-10-11-12-29-30-18-21(2)22(3)19-32(30)34-31(29)20-24(5)26(7)25(6)23(4)17-27-13-15-28(33)16-14-27/h13-20,33H,2-3,8-12H2,1,4-7H3/b23-17+,24-20+,26-25+. The van der Waals surface area contributed by atoms with Crippen molar-refractivity contribution in [2.24, 2.45) is 0 Å². The van der Waals surface area contributed by atoms with Gasteiger partial charge >= 0.3 is 0 Å². The van der Waals surface area contributed by atoms with Crippen LogP contribution >= 0.6 is 24.0 Å². The van der Waals surface area contributed by atoms with Crippen LogP contribution < -0.4 is 10.4 Å². The van der Waals surface area contributed by atoms with E-state index in [4.69, 9.17) is 0 Å². The van der Waals surface area contributed by atoms with Crippen LogP contribution in [0.25, 0.3) is 35.4 Å². The SMILES string of the molecule is C=c1cc2sc(/C=C(C)/C(C)=C(C)/C(C)=C/c3ccc(S)cc3)c(CCCCCC)c2cc1=C. The van der Waals surface area contributed by atoms with Gasteiger partial charge in [0.25, 0.3) is 0 Å². The van der Waals surface area contributed by atoms with Gasteiger partial charge < -0.3 is 0 Å². The van der Waals surface area contributed by atoms with Crippen LogP contribution in [0.2, 0.25) is 0 Å². The van der Waals surface area contributed by atoms with Gasteiger partial charge in [-0.1, -0.05) is 57.6 Å². The zero-order chi connectivity index (χ0) is 24.8. The number of hydrogen-bond acceptors (Lipinski definition) is 2. The third-order valence-corrected chi connectivity index (χ3v) is 8.23. The minimum Gasteiger partial charge on any atom is -0.143 e. The first kappa shape index (κ1) is 26.3. The maximum Gasteiger partial charge on any atom is 0.0358 e. The van der Waals surface area contributed by atoms with E-state index in [2.05, 4.69) is 96.8 Å². The highest BCUT2D eigenvalue weighted by molar-refractivity contribution is 7.80. The topological polar surface area (TPSA) is 0 Å². The van der Waals surface area contributed by atoms with Gasteiger partial charge in [0, 0.05) is 14.5 Å². The molecule has 0 bridgehead atoms. The fraction of sp³-hybridized carbons (Fsp3) is 0.312. The monoisotopic (exact) mass is 486 g/mol. The van der Waals surface area contributed by atoms with Gasteiger partial charge in [-0.05, 0) is 120 Å². The van der Waals surface area contributed by atoms with Gasteiger partial charge in [0.05, 0.1) is 0 Å². The summed E-state index contributed by atoms with van der Waals surface area (Å²) >= 11 is 6.29. The van der Waals surface area contributed by atoms with Crippen molar-refractivity contribution in [3.8, 4) is 0 Å². The Hall–Kier alpha value is -2.29. The second kappa shape index (κ2) is 11.9. The first-order chi connectivity index (χ1) is 16.2. The molecular formula is C32H38S2. The predicted octanol–water partition coefficient (Wildman–Crippen LogP) is 8.98. The number of allylic oxidation sites excluding steroid dienone is 4. The van der Waals surface area contributed by atoms with E-state index in [0.717, 1.165) is 21.8 Å². The van der Waals surface area contributed by atoms with Gasteiger partial charge in [0.1, 0.15) is 0 Å². The number of rotatable bonds is 9.